The van der Waals surface area contributed by atoms with E-state index in [1.807, 2.05) is 6.07 Å². The summed E-state index contributed by atoms with van der Waals surface area (Å²) in [6.45, 7) is 2.32. The predicted molar refractivity (Wildman–Crippen MR) is 102 cm³/mol. The molecule has 0 bridgehead atoms. The van der Waals surface area contributed by atoms with Gasteiger partial charge in [0, 0.05) is 18.9 Å². The minimum Gasteiger partial charge on any atom is -0.493 e. The Morgan fingerprint density at radius 2 is 1.78 bits per heavy atom. The van der Waals surface area contributed by atoms with E-state index in [1.54, 1.807) is 14.2 Å². The summed E-state index contributed by atoms with van der Waals surface area (Å²) in [6, 6.07) is 10.5. The first kappa shape index (κ1) is 16.2. The molecule has 3 heterocycles. The van der Waals surface area contributed by atoms with Crippen molar-refractivity contribution >= 4 is 10.8 Å². The Morgan fingerprint density at radius 1 is 0.963 bits per heavy atom. The average Bonchev–Trinajstić information content (AvgIpc) is 2.94. The van der Waals surface area contributed by atoms with Gasteiger partial charge in [0.25, 0.3) is 0 Å². The zero-order valence-corrected chi connectivity index (χ0v) is 15.6. The zero-order valence-electron chi connectivity index (χ0n) is 15.6. The summed E-state index contributed by atoms with van der Waals surface area (Å²) in [6.07, 6.45) is 4.04. The molecule has 0 spiro atoms. The molecule has 5 heteroatoms. The fraction of sp³-hybridized carbons (Fsp3) is 0.318. The summed E-state index contributed by atoms with van der Waals surface area (Å²) in [5.41, 5.74) is 3.70. The topological polar surface area (TPSA) is 40.8 Å². The van der Waals surface area contributed by atoms with Gasteiger partial charge >= 0.3 is 0 Å². The molecule has 0 saturated heterocycles. The normalized spacial score (nSPS) is 14.9. The first-order valence-corrected chi connectivity index (χ1v) is 9.29. The lowest BCUT2D eigenvalue weighted by Crippen LogP contribution is -2.40. The monoisotopic (exact) mass is 364 g/mol. The van der Waals surface area contributed by atoms with Gasteiger partial charge in [0.05, 0.1) is 38.4 Å². The third-order valence-electron chi connectivity index (χ3n) is 5.38. The van der Waals surface area contributed by atoms with Crippen LogP contribution in [0.1, 0.15) is 12.0 Å². The number of aromatic nitrogens is 1. The van der Waals surface area contributed by atoms with Crippen molar-refractivity contribution in [3.8, 4) is 34.3 Å². The zero-order chi connectivity index (χ0) is 18.4. The van der Waals surface area contributed by atoms with Crippen LogP contribution in [0.4, 0.5) is 0 Å². The second-order valence-corrected chi connectivity index (χ2v) is 6.91. The number of aryl methyl sites for hydroxylation is 2. The van der Waals surface area contributed by atoms with E-state index in [9.17, 15) is 0 Å². The lowest BCUT2D eigenvalue weighted by Gasteiger charge is -2.19. The van der Waals surface area contributed by atoms with E-state index < -0.39 is 0 Å². The van der Waals surface area contributed by atoms with Gasteiger partial charge in [-0.15, -0.1) is 0 Å². The van der Waals surface area contributed by atoms with E-state index in [2.05, 4.69) is 35.0 Å². The predicted octanol–water partition coefficient (Wildman–Crippen LogP) is 3.53. The molecule has 0 fully saturated rings. The second-order valence-electron chi connectivity index (χ2n) is 6.91. The van der Waals surface area contributed by atoms with E-state index in [0.29, 0.717) is 13.2 Å². The van der Waals surface area contributed by atoms with Crippen LogP contribution in [0, 0.1) is 0 Å². The molecule has 5 nitrogen and oxygen atoms in total. The molecule has 0 amide bonds. The van der Waals surface area contributed by atoms with Gasteiger partial charge in [-0.25, -0.2) is 0 Å². The summed E-state index contributed by atoms with van der Waals surface area (Å²) in [4.78, 5) is 0. The number of ether oxygens (including phenoxy) is 4. The molecule has 2 aromatic carbocycles. The van der Waals surface area contributed by atoms with Crippen molar-refractivity contribution in [3.63, 3.8) is 0 Å². The largest absolute Gasteiger partial charge is 0.493 e. The number of benzene rings is 2. The fourth-order valence-corrected chi connectivity index (χ4v) is 4.04. The van der Waals surface area contributed by atoms with Gasteiger partial charge < -0.3 is 18.9 Å². The maximum atomic E-state index is 5.91. The average molecular weight is 364 g/mol. The van der Waals surface area contributed by atoms with Crippen molar-refractivity contribution in [2.75, 3.05) is 27.4 Å². The molecule has 27 heavy (non-hydrogen) atoms. The Labute approximate surface area is 158 Å². The van der Waals surface area contributed by atoms with Gasteiger partial charge in [-0.2, -0.15) is 4.57 Å². The quantitative estimate of drug-likeness (QED) is 0.653. The number of hydrogen-bond donors (Lipinski definition) is 0. The minimum absolute atomic E-state index is 0.695. The molecule has 138 valence electrons. The number of fused-ring (bicyclic) bond motifs is 5. The van der Waals surface area contributed by atoms with Crippen LogP contribution in [0.2, 0.25) is 0 Å². The molecule has 0 N–H and O–H groups in total. The summed E-state index contributed by atoms with van der Waals surface area (Å²) in [7, 11) is 3.35. The van der Waals surface area contributed by atoms with E-state index in [4.69, 9.17) is 18.9 Å². The number of pyridine rings is 1. The third-order valence-corrected chi connectivity index (χ3v) is 5.38. The van der Waals surface area contributed by atoms with Crippen LogP contribution in [-0.2, 0) is 13.0 Å². The molecular formula is C22H22NO4+. The molecule has 0 saturated carbocycles. The van der Waals surface area contributed by atoms with Crippen molar-refractivity contribution in [3.05, 3.63) is 42.1 Å². The molecule has 0 aliphatic carbocycles. The lowest BCUT2D eigenvalue weighted by molar-refractivity contribution is -0.686. The second kappa shape index (κ2) is 6.34. The Hall–Kier alpha value is -2.95. The van der Waals surface area contributed by atoms with Crippen LogP contribution in [0.5, 0.6) is 23.0 Å². The van der Waals surface area contributed by atoms with Gasteiger partial charge in [-0.3, -0.25) is 0 Å². The molecule has 1 aromatic heterocycles. The summed E-state index contributed by atoms with van der Waals surface area (Å²) in [5.74, 6) is 3.23. The molecule has 2 aliphatic rings. The van der Waals surface area contributed by atoms with Crippen LogP contribution in [0.15, 0.2) is 36.5 Å². The van der Waals surface area contributed by atoms with E-state index in [0.717, 1.165) is 53.2 Å². The van der Waals surface area contributed by atoms with Crippen molar-refractivity contribution in [1.82, 2.24) is 0 Å². The smallest absolute Gasteiger partial charge is 0.213 e. The SMILES string of the molecule is COc1ccc2cc3[n+](cc2c1OC)CCc1cc2c(cc1-3)OCCCO2. The Kier molecular flexibility index (Phi) is 3.81. The highest BCUT2D eigenvalue weighted by Gasteiger charge is 2.27. The van der Waals surface area contributed by atoms with Gasteiger partial charge in [0.15, 0.2) is 35.7 Å². The molecule has 2 aliphatic heterocycles. The molecule has 0 radical (unpaired) electrons. The Bertz CT molecular complexity index is 1040. The fourth-order valence-electron chi connectivity index (χ4n) is 4.04. The maximum absolute atomic E-state index is 5.91. The van der Waals surface area contributed by atoms with E-state index >= 15 is 0 Å². The van der Waals surface area contributed by atoms with Crippen molar-refractivity contribution in [2.45, 2.75) is 19.4 Å². The van der Waals surface area contributed by atoms with E-state index in [1.165, 1.54) is 16.8 Å². The summed E-state index contributed by atoms with van der Waals surface area (Å²) >= 11 is 0. The van der Waals surface area contributed by atoms with Gasteiger partial charge in [0.1, 0.15) is 0 Å². The summed E-state index contributed by atoms with van der Waals surface area (Å²) < 4.78 is 25.1. The first-order chi connectivity index (χ1) is 13.3. The van der Waals surface area contributed by atoms with Crippen LogP contribution < -0.4 is 23.5 Å². The summed E-state index contributed by atoms with van der Waals surface area (Å²) in [5, 5.41) is 2.18. The maximum Gasteiger partial charge on any atom is 0.213 e. The molecule has 5 rings (SSSR count). The van der Waals surface area contributed by atoms with Crippen molar-refractivity contribution < 1.29 is 23.5 Å². The minimum atomic E-state index is 0.695. The number of hydrogen-bond acceptors (Lipinski definition) is 4. The molecular weight excluding hydrogens is 342 g/mol. The van der Waals surface area contributed by atoms with Crippen LogP contribution >= 0.6 is 0 Å². The van der Waals surface area contributed by atoms with Gasteiger partial charge in [-0.1, -0.05) is 0 Å². The Morgan fingerprint density at radius 3 is 2.56 bits per heavy atom. The third kappa shape index (κ3) is 2.57. The van der Waals surface area contributed by atoms with Gasteiger partial charge in [0.2, 0.25) is 5.69 Å². The van der Waals surface area contributed by atoms with Crippen molar-refractivity contribution in [1.29, 1.82) is 0 Å². The van der Waals surface area contributed by atoms with E-state index in [-0.39, 0.29) is 0 Å². The number of nitrogens with zero attached hydrogens (tertiary/aromatic N) is 1. The molecule has 0 atom stereocenters. The first-order valence-electron chi connectivity index (χ1n) is 9.29. The van der Waals surface area contributed by atoms with Crippen LogP contribution in [0.25, 0.3) is 22.0 Å². The van der Waals surface area contributed by atoms with Crippen LogP contribution in [-0.4, -0.2) is 27.4 Å². The highest BCUT2D eigenvalue weighted by molar-refractivity contribution is 5.91. The van der Waals surface area contributed by atoms with Crippen LogP contribution in [0.3, 0.4) is 0 Å². The highest BCUT2D eigenvalue weighted by atomic mass is 16.5. The standard InChI is InChI=1S/C22H22NO4/c1-24-19-5-4-14-10-18-16-12-21-20(26-8-3-9-27-21)11-15(16)6-7-23(18)13-17(14)22(19)25-2/h4-5,10-13H,3,6-9H2,1-2H3/q+1. The van der Waals surface area contributed by atoms with Crippen molar-refractivity contribution in [2.24, 2.45) is 0 Å². The van der Waals surface area contributed by atoms with Gasteiger partial charge in [-0.05, 0) is 35.2 Å². The molecule has 3 aromatic rings. The Balaban J connectivity index is 1.71. The number of methoxy groups -OCH3 is 2. The molecule has 0 unspecified atom stereocenters. The number of rotatable bonds is 2. The highest BCUT2D eigenvalue weighted by Crippen LogP contribution is 2.40. The lowest BCUT2D eigenvalue weighted by atomic mass is 9.95.